The molecule has 1 saturated heterocycles. The molecule has 10 heteroatoms. The number of hydrogen-bond donors (Lipinski definition) is 1. The van der Waals surface area contributed by atoms with E-state index < -0.39 is 27.8 Å². The Balaban J connectivity index is 1.45. The Hall–Kier alpha value is -1.75. The molecule has 1 N–H and O–H groups in total. The molecule has 0 atom stereocenters. The molecule has 2 heterocycles. The number of hydrogen-bond acceptors (Lipinski definition) is 6. The van der Waals surface area contributed by atoms with Crippen molar-refractivity contribution in [1.29, 1.82) is 0 Å². The third-order valence-electron chi connectivity index (χ3n) is 4.35. The van der Waals surface area contributed by atoms with Crippen molar-refractivity contribution in [2.75, 3.05) is 25.0 Å². The first kappa shape index (κ1) is 21.0. The van der Waals surface area contributed by atoms with Gasteiger partial charge in [0.25, 0.3) is 15.9 Å². The molecular formula is C18H19BrN2O5S2. The van der Waals surface area contributed by atoms with Crippen molar-refractivity contribution in [3.05, 3.63) is 46.3 Å². The maximum Gasteiger partial charge on any atom is 0.309 e. The van der Waals surface area contributed by atoms with Crippen molar-refractivity contribution >= 4 is 54.9 Å². The molecule has 0 spiro atoms. The van der Waals surface area contributed by atoms with E-state index in [0.29, 0.717) is 22.7 Å². The predicted octanol–water partition coefficient (Wildman–Crippen LogP) is 3.09. The summed E-state index contributed by atoms with van der Waals surface area (Å²) < 4.78 is 32.7. The van der Waals surface area contributed by atoms with Crippen LogP contribution in [-0.4, -0.2) is 44.3 Å². The molecule has 1 fully saturated rings. The lowest BCUT2D eigenvalue weighted by Gasteiger charge is -2.29. The second kappa shape index (κ2) is 9.17. The topological polar surface area (TPSA) is 92.8 Å². The molecular weight excluding hydrogens is 468 g/mol. The van der Waals surface area contributed by atoms with E-state index in [4.69, 9.17) is 4.74 Å². The summed E-state index contributed by atoms with van der Waals surface area (Å²) in [4.78, 5) is 24.1. The number of esters is 1. The van der Waals surface area contributed by atoms with E-state index in [9.17, 15) is 18.0 Å². The molecule has 0 bridgehead atoms. The SMILES string of the molecule is O=C(COC(=O)C1CCN(S(=O)(=O)c2cccs2)CC1)Nc1ccc(Br)cc1. The van der Waals surface area contributed by atoms with Gasteiger partial charge in [-0.25, -0.2) is 8.42 Å². The summed E-state index contributed by atoms with van der Waals surface area (Å²) in [6.45, 7) is 0.138. The van der Waals surface area contributed by atoms with E-state index in [2.05, 4.69) is 21.2 Å². The molecule has 1 aliphatic rings. The number of nitrogens with zero attached hydrogens (tertiary/aromatic N) is 1. The Morgan fingerprint density at radius 3 is 2.46 bits per heavy atom. The number of halogens is 1. The van der Waals surface area contributed by atoms with Crippen LogP contribution in [0.4, 0.5) is 5.69 Å². The Labute approximate surface area is 175 Å². The molecule has 1 aromatic heterocycles. The molecule has 3 rings (SSSR count). The van der Waals surface area contributed by atoms with Crippen LogP contribution >= 0.6 is 27.3 Å². The van der Waals surface area contributed by atoms with Gasteiger partial charge in [0.1, 0.15) is 4.21 Å². The summed E-state index contributed by atoms with van der Waals surface area (Å²) >= 11 is 4.49. The molecule has 28 heavy (non-hydrogen) atoms. The van der Waals surface area contributed by atoms with Crippen molar-refractivity contribution in [2.24, 2.45) is 5.92 Å². The first-order chi connectivity index (χ1) is 13.4. The van der Waals surface area contributed by atoms with Gasteiger partial charge in [-0.05, 0) is 48.6 Å². The summed E-state index contributed by atoms with van der Waals surface area (Å²) in [6, 6.07) is 10.3. The summed E-state index contributed by atoms with van der Waals surface area (Å²) in [5.74, 6) is -1.30. The van der Waals surface area contributed by atoms with Crippen molar-refractivity contribution < 1.29 is 22.7 Å². The van der Waals surface area contributed by atoms with Crippen LogP contribution in [0.1, 0.15) is 12.8 Å². The lowest BCUT2D eigenvalue weighted by molar-refractivity contribution is -0.152. The minimum Gasteiger partial charge on any atom is -0.455 e. The maximum atomic E-state index is 12.5. The fraction of sp³-hybridized carbons (Fsp3) is 0.333. The van der Waals surface area contributed by atoms with Gasteiger partial charge in [0.2, 0.25) is 0 Å². The summed E-state index contributed by atoms with van der Waals surface area (Å²) in [6.07, 6.45) is 0.746. The Morgan fingerprint density at radius 1 is 1.18 bits per heavy atom. The minimum atomic E-state index is -3.50. The largest absolute Gasteiger partial charge is 0.455 e. The van der Waals surface area contributed by atoms with Gasteiger partial charge in [-0.15, -0.1) is 11.3 Å². The van der Waals surface area contributed by atoms with Crippen LogP contribution in [0.25, 0.3) is 0 Å². The highest BCUT2D eigenvalue weighted by atomic mass is 79.9. The smallest absolute Gasteiger partial charge is 0.309 e. The summed E-state index contributed by atoms with van der Waals surface area (Å²) in [7, 11) is -3.50. The molecule has 0 radical (unpaired) electrons. The monoisotopic (exact) mass is 486 g/mol. The number of ether oxygens (including phenoxy) is 1. The van der Waals surface area contributed by atoms with Gasteiger partial charge in [-0.3, -0.25) is 9.59 Å². The number of carbonyl (C=O) groups is 2. The lowest BCUT2D eigenvalue weighted by atomic mass is 9.98. The summed E-state index contributed by atoms with van der Waals surface area (Å²) in [5.41, 5.74) is 0.608. The molecule has 0 unspecified atom stereocenters. The number of piperidine rings is 1. The van der Waals surface area contributed by atoms with Gasteiger partial charge in [0.05, 0.1) is 5.92 Å². The quantitative estimate of drug-likeness (QED) is 0.633. The van der Waals surface area contributed by atoms with Gasteiger partial charge in [-0.2, -0.15) is 4.31 Å². The zero-order valence-corrected chi connectivity index (χ0v) is 18.1. The zero-order valence-electron chi connectivity index (χ0n) is 14.8. The minimum absolute atomic E-state index is 0.255. The van der Waals surface area contributed by atoms with Crippen LogP contribution in [-0.2, 0) is 24.3 Å². The van der Waals surface area contributed by atoms with Crippen LogP contribution < -0.4 is 5.32 Å². The standard InChI is InChI=1S/C18H19BrN2O5S2/c19-14-3-5-15(6-4-14)20-16(22)12-26-18(23)13-7-9-21(10-8-13)28(24,25)17-2-1-11-27-17/h1-6,11,13H,7-10,12H2,(H,20,22). The lowest BCUT2D eigenvalue weighted by Crippen LogP contribution is -2.40. The summed E-state index contributed by atoms with van der Waals surface area (Å²) in [5, 5.41) is 4.37. The number of rotatable bonds is 6. The molecule has 1 aromatic carbocycles. The van der Waals surface area contributed by atoms with E-state index in [-0.39, 0.29) is 19.7 Å². The van der Waals surface area contributed by atoms with Crippen molar-refractivity contribution in [2.45, 2.75) is 17.1 Å². The fourth-order valence-electron chi connectivity index (χ4n) is 2.85. The van der Waals surface area contributed by atoms with Gasteiger partial charge in [0.15, 0.2) is 6.61 Å². The number of sulfonamides is 1. The number of benzene rings is 1. The number of carbonyl (C=O) groups excluding carboxylic acids is 2. The molecule has 1 aliphatic heterocycles. The molecule has 0 saturated carbocycles. The Kier molecular flexibility index (Phi) is 6.86. The number of anilines is 1. The average molecular weight is 487 g/mol. The highest BCUT2D eigenvalue weighted by Gasteiger charge is 2.33. The molecule has 150 valence electrons. The second-order valence-electron chi connectivity index (χ2n) is 6.27. The zero-order chi connectivity index (χ0) is 20.1. The van der Waals surface area contributed by atoms with E-state index in [0.717, 1.165) is 4.47 Å². The number of nitrogens with one attached hydrogen (secondary N) is 1. The van der Waals surface area contributed by atoms with Gasteiger partial charge in [0, 0.05) is 23.2 Å². The third-order valence-corrected chi connectivity index (χ3v) is 8.15. The van der Waals surface area contributed by atoms with Gasteiger partial charge in [-0.1, -0.05) is 22.0 Å². The Morgan fingerprint density at radius 2 is 1.86 bits per heavy atom. The second-order valence-corrected chi connectivity index (χ2v) is 10.3. The molecule has 2 aromatic rings. The normalized spacial score (nSPS) is 15.9. The number of thiophene rings is 1. The maximum absolute atomic E-state index is 12.5. The molecule has 1 amide bonds. The first-order valence-electron chi connectivity index (χ1n) is 8.62. The number of amides is 1. The van der Waals surface area contributed by atoms with Crippen molar-refractivity contribution in [3.8, 4) is 0 Å². The van der Waals surface area contributed by atoms with E-state index in [1.807, 2.05) is 0 Å². The van der Waals surface area contributed by atoms with Gasteiger partial charge < -0.3 is 10.1 Å². The average Bonchev–Trinajstić information content (AvgIpc) is 3.24. The predicted molar refractivity (Wildman–Crippen MR) is 110 cm³/mol. The van der Waals surface area contributed by atoms with Crippen LogP contribution in [0.5, 0.6) is 0 Å². The van der Waals surface area contributed by atoms with Crippen LogP contribution in [0.2, 0.25) is 0 Å². The third kappa shape index (κ3) is 5.19. The van der Waals surface area contributed by atoms with Gasteiger partial charge >= 0.3 is 5.97 Å². The highest BCUT2D eigenvalue weighted by Crippen LogP contribution is 2.26. The van der Waals surface area contributed by atoms with E-state index in [1.54, 1.807) is 41.8 Å². The fourth-order valence-corrected chi connectivity index (χ4v) is 5.73. The van der Waals surface area contributed by atoms with Crippen LogP contribution in [0, 0.1) is 5.92 Å². The van der Waals surface area contributed by atoms with E-state index in [1.165, 1.54) is 15.6 Å². The van der Waals surface area contributed by atoms with Crippen LogP contribution in [0.15, 0.2) is 50.5 Å². The van der Waals surface area contributed by atoms with Crippen LogP contribution in [0.3, 0.4) is 0 Å². The molecule has 0 aliphatic carbocycles. The van der Waals surface area contributed by atoms with Crippen molar-refractivity contribution in [3.63, 3.8) is 0 Å². The van der Waals surface area contributed by atoms with E-state index >= 15 is 0 Å². The highest BCUT2D eigenvalue weighted by molar-refractivity contribution is 9.10. The first-order valence-corrected chi connectivity index (χ1v) is 11.7. The molecule has 7 nitrogen and oxygen atoms in total. The Bertz CT molecular complexity index is 921. The van der Waals surface area contributed by atoms with Crippen molar-refractivity contribution in [1.82, 2.24) is 4.31 Å².